The van der Waals surface area contributed by atoms with E-state index in [-0.39, 0.29) is 0 Å². The third-order valence-electron chi connectivity index (χ3n) is 3.63. The van der Waals surface area contributed by atoms with Gasteiger partial charge in [0, 0.05) is 19.6 Å². The topological polar surface area (TPSA) is 35.5 Å². The van der Waals surface area contributed by atoms with Crippen molar-refractivity contribution in [2.24, 2.45) is 11.3 Å². The highest BCUT2D eigenvalue weighted by Gasteiger charge is 2.33. The Bertz CT molecular complexity index is 220. The lowest BCUT2D eigenvalue weighted by atomic mass is 9.78. The van der Waals surface area contributed by atoms with Gasteiger partial charge in [0.05, 0.1) is 5.60 Å². The zero-order valence-corrected chi connectivity index (χ0v) is 11.5. The maximum absolute atomic E-state index is 9.65. The molecule has 0 amide bonds. The van der Waals surface area contributed by atoms with Gasteiger partial charge in [-0.05, 0) is 45.2 Å². The van der Waals surface area contributed by atoms with Crippen molar-refractivity contribution in [3.8, 4) is 0 Å². The van der Waals surface area contributed by atoms with E-state index in [0.717, 1.165) is 12.5 Å². The molecular weight excluding hydrogens is 200 g/mol. The van der Waals surface area contributed by atoms with E-state index < -0.39 is 5.60 Å². The van der Waals surface area contributed by atoms with E-state index in [1.807, 2.05) is 13.8 Å². The van der Waals surface area contributed by atoms with Crippen molar-refractivity contribution in [3.63, 3.8) is 0 Å². The molecule has 1 heterocycles. The summed E-state index contributed by atoms with van der Waals surface area (Å²) in [5.74, 6) is 0.770. The van der Waals surface area contributed by atoms with Crippen LogP contribution >= 0.6 is 0 Å². The van der Waals surface area contributed by atoms with Gasteiger partial charge in [-0.15, -0.1) is 0 Å². The zero-order chi connectivity index (χ0) is 12.4. The molecule has 0 aromatic heterocycles. The van der Waals surface area contributed by atoms with Gasteiger partial charge in [-0.25, -0.2) is 0 Å². The molecule has 0 bridgehead atoms. The lowest BCUT2D eigenvalue weighted by Gasteiger charge is -2.33. The number of nitrogens with zero attached hydrogens (tertiary/aromatic N) is 1. The van der Waals surface area contributed by atoms with Crippen molar-refractivity contribution in [3.05, 3.63) is 0 Å². The van der Waals surface area contributed by atoms with Crippen molar-refractivity contribution in [2.45, 2.75) is 39.7 Å². The number of rotatable bonds is 5. The fourth-order valence-corrected chi connectivity index (χ4v) is 2.41. The Labute approximate surface area is 100 Å². The Kier molecular flexibility index (Phi) is 4.38. The van der Waals surface area contributed by atoms with Crippen LogP contribution in [0.3, 0.4) is 0 Å². The third-order valence-corrected chi connectivity index (χ3v) is 3.63. The fraction of sp³-hybridized carbons (Fsp3) is 1.00. The SMILES string of the molecule is CN1CCC(C(C)(C)CNCC(C)(C)O)C1. The molecule has 0 aliphatic carbocycles. The molecule has 1 rings (SSSR count). The first kappa shape index (κ1) is 13.9. The maximum Gasteiger partial charge on any atom is 0.0715 e. The molecule has 1 aliphatic heterocycles. The molecule has 0 spiro atoms. The second kappa shape index (κ2) is 5.03. The molecule has 3 nitrogen and oxygen atoms in total. The highest BCUT2D eigenvalue weighted by Crippen LogP contribution is 2.33. The summed E-state index contributed by atoms with van der Waals surface area (Å²) < 4.78 is 0. The van der Waals surface area contributed by atoms with Crippen LogP contribution in [0.25, 0.3) is 0 Å². The molecule has 1 saturated heterocycles. The lowest BCUT2D eigenvalue weighted by Crippen LogP contribution is -2.42. The first-order chi connectivity index (χ1) is 7.21. The standard InChI is InChI=1S/C13H28N2O/c1-12(2,9-14-10-13(3,4)16)11-6-7-15(5)8-11/h11,14,16H,6-10H2,1-5H3. The lowest BCUT2D eigenvalue weighted by molar-refractivity contribution is 0.0738. The molecule has 1 fully saturated rings. The van der Waals surface area contributed by atoms with E-state index in [4.69, 9.17) is 0 Å². The summed E-state index contributed by atoms with van der Waals surface area (Å²) in [6, 6.07) is 0. The number of hydrogen-bond donors (Lipinski definition) is 2. The van der Waals surface area contributed by atoms with E-state index in [2.05, 4.69) is 31.1 Å². The van der Waals surface area contributed by atoms with E-state index in [1.54, 1.807) is 0 Å². The molecule has 0 aromatic rings. The zero-order valence-electron chi connectivity index (χ0n) is 11.5. The van der Waals surface area contributed by atoms with Crippen LogP contribution < -0.4 is 5.32 Å². The maximum atomic E-state index is 9.65. The smallest absolute Gasteiger partial charge is 0.0715 e. The van der Waals surface area contributed by atoms with Gasteiger partial charge >= 0.3 is 0 Å². The van der Waals surface area contributed by atoms with Crippen LogP contribution in [0, 0.1) is 11.3 Å². The minimum Gasteiger partial charge on any atom is -0.389 e. The van der Waals surface area contributed by atoms with Crippen molar-refractivity contribution in [1.29, 1.82) is 0 Å². The first-order valence-corrected chi connectivity index (χ1v) is 6.32. The number of hydrogen-bond acceptors (Lipinski definition) is 3. The summed E-state index contributed by atoms with van der Waals surface area (Å²) in [5, 5.41) is 13.0. The van der Waals surface area contributed by atoms with E-state index in [0.29, 0.717) is 12.0 Å². The predicted octanol–water partition coefficient (Wildman–Crippen LogP) is 1.32. The number of nitrogens with one attached hydrogen (secondary N) is 1. The molecule has 0 saturated carbocycles. The quantitative estimate of drug-likeness (QED) is 0.745. The molecule has 0 aromatic carbocycles. The summed E-state index contributed by atoms with van der Waals surface area (Å²) in [7, 11) is 2.19. The van der Waals surface area contributed by atoms with Gasteiger partial charge in [-0.2, -0.15) is 0 Å². The molecule has 1 atom stereocenters. The largest absolute Gasteiger partial charge is 0.389 e. The first-order valence-electron chi connectivity index (χ1n) is 6.32. The molecule has 16 heavy (non-hydrogen) atoms. The summed E-state index contributed by atoms with van der Waals surface area (Å²) in [6.45, 7) is 12.4. The summed E-state index contributed by atoms with van der Waals surface area (Å²) in [4.78, 5) is 2.41. The average molecular weight is 228 g/mol. The van der Waals surface area contributed by atoms with E-state index in [9.17, 15) is 5.11 Å². The highest BCUT2D eigenvalue weighted by atomic mass is 16.3. The van der Waals surface area contributed by atoms with Crippen molar-refractivity contribution in [1.82, 2.24) is 10.2 Å². The van der Waals surface area contributed by atoms with Crippen molar-refractivity contribution >= 4 is 0 Å². The third kappa shape index (κ3) is 4.40. The molecule has 1 unspecified atom stereocenters. The predicted molar refractivity (Wildman–Crippen MR) is 68.6 cm³/mol. The molecule has 3 heteroatoms. The van der Waals surface area contributed by atoms with Gasteiger partial charge < -0.3 is 15.3 Å². The van der Waals surface area contributed by atoms with Crippen LogP contribution in [0.2, 0.25) is 0 Å². The Morgan fingerprint density at radius 3 is 2.31 bits per heavy atom. The molecule has 96 valence electrons. The van der Waals surface area contributed by atoms with Gasteiger partial charge in [0.25, 0.3) is 0 Å². The average Bonchev–Trinajstić information content (AvgIpc) is 2.49. The second-order valence-corrected chi connectivity index (χ2v) is 6.65. The van der Waals surface area contributed by atoms with E-state index in [1.165, 1.54) is 19.5 Å². The highest BCUT2D eigenvalue weighted by molar-refractivity contribution is 4.87. The van der Waals surface area contributed by atoms with Crippen LogP contribution in [0.15, 0.2) is 0 Å². The van der Waals surface area contributed by atoms with Crippen LogP contribution in [-0.2, 0) is 0 Å². The molecule has 0 radical (unpaired) electrons. The number of likely N-dealkylation sites (tertiary alicyclic amines) is 1. The minimum absolute atomic E-state index is 0.315. The number of aliphatic hydroxyl groups is 1. The molecule has 1 aliphatic rings. The van der Waals surface area contributed by atoms with Gasteiger partial charge in [0.1, 0.15) is 0 Å². The molecular formula is C13H28N2O. The van der Waals surface area contributed by atoms with Gasteiger partial charge in [0.15, 0.2) is 0 Å². The van der Waals surface area contributed by atoms with Crippen molar-refractivity contribution < 1.29 is 5.11 Å². The van der Waals surface area contributed by atoms with Gasteiger partial charge in [0.2, 0.25) is 0 Å². The summed E-state index contributed by atoms with van der Waals surface area (Å²) in [6.07, 6.45) is 1.30. The second-order valence-electron chi connectivity index (χ2n) is 6.65. The van der Waals surface area contributed by atoms with Crippen LogP contribution in [-0.4, -0.2) is 48.8 Å². The van der Waals surface area contributed by atoms with Gasteiger partial charge in [-0.3, -0.25) is 0 Å². The summed E-state index contributed by atoms with van der Waals surface area (Å²) >= 11 is 0. The Morgan fingerprint density at radius 1 is 1.25 bits per heavy atom. The monoisotopic (exact) mass is 228 g/mol. The van der Waals surface area contributed by atoms with Gasteiger partial charge in [-0.1, -0.05) is 13.8 Å². The van der Waals surface area contributed by atoms with Crippen molar-refractivity contribution in [2.75, 3.05) is 33.2 Å². The normalized spacial score (nSPS) is 24.0. The minimum atomic E-state index is -0.609. The fourth-order valence-electron chi connectivity index (χ4n) is 2.41. The van der Waals surface area contributed by atoms with E-state index >= 15 is 0 Å². The van der Waals surface area contributed by atoms with Crippen LogP contribution in [0.4, 0.5) is 0 Å². The Balaban J connectivity index is 2.34. The summed E-state index contributed by atoms with van der Waals surface area (Å²) in [5.41, 5.74) is -0.293. The molecule has 2 N–H and O–H groups in total. The van der Waals surface area contributed by atoms with Crippen LogP contribution in [0.5, 0.6) is 0 Å². The Morgan fingerprint density at radius 2 is 1.88 bits per heavy atom. The Hall–Kier alpha value is -0.120. The van der Waals surface area contributed by atoms with Crippen LogP contribution in [0.1, 0.15) is 34.1 Å².